The predicted molar refractivity (Wildman–Crippen MR) is 109 cm³/mol. The Bertz CT molecular complexity index is 1120. The van der Waals surface area contributed by atoms with Gasteiger partial charge in [0.1, 0.15) is 21.6 Å². The molecule has 7 nitrogen and oxygen atoms in total. The van der Waals surface area contributed by atoms with Gasteiger partial charge in [-0.1, -0.05) is 23.7 Å². The van der Waals surface area contributed by atoms with Crippen molar-refractivity contribution in [3.05, 3.63) is 82.8 Å². The summed E-state index contributed by atoms with van der Waals surface area (Å²) in [5.74, 6) is -0.555. The Morgan fingerprint density at radius 3 is 2.70 bits per heavy atom. The Balaban J connectivity index is 1.75. The molecule has 0 saturated carbocycles. The Hall–Kier alpha value is -2.75. The van der Waals surface area contributed by atoms with E-state index in [4.69, 9.17) is 16.0 Å². The molecule has 1 aromatic carbocycles. The highest BCUT2D eigenvalue weighted by Gasteiger charge is 2.28. The van der Waals surface area contributed by atoms with Crippen LogP contribution < -0.4 is 5.32 Å². The second kappa shape index (κ2) is 9.38. The van der Waals surface area contributed by atoms with Crippen LogP contribution in [-0.4, -0.2) is 30.2 Å². The Labute approximate surface area is 178 Å². The number of sulfonamides is 1. The molecule has 0 aliphatic heterocycles. The van der Waals surface area contributed by atoms with Crippen LogP contribution in [0.15, 0.2) is 64.2 Å². The molecule has 3 aromatic rings. The average Bonchev–Trinajstić information content (AvgIpc) is 3.22. The summed E-state index contributed by atoms with van der Waals surface area (Å²) < 4.78 is 45.9. The van der Waals surface area contributed by atoms with E-state index in [1.54, 1.807) is 31.2 Å². The van der Waals surface area contributed by atoms with E-state index in [9.17, 15) is 17.6 Å². The normalized spacial score (nSPS) is 11.6. The SMILES string of the molecule is Cc1ccc(CNC(=O)CN(Cc2ccco2)S(=O)(=O)c2ccc(Cl)nc2)cc1F. The predicted octanol–water partition coefficient (Wildman–Crippen LogP) is 3.28. The molecule has 0 bridgehead atoms. The van der Waals surface area contributed by atoms with Crippen LogP contribution in [0.4, 0.5) is 4.39 Å². The van der Waals surface area contributed by atoms with E-state index in [0.29, 0.717) is 16.9 Å². The first-order valence-electron chi connectivity index (χ1n) is 8.91. The lowest BCUT2D eigenvalue weighted by Gasteiger charge is -2.20. The number of halogens is 2. The largest absolute Gasteiger partial charge is 0.468 e. The third kappa shape index (κ3) is 5.44. The molecule has 0 aliphatic rings. The number of hydrogen-bond acceptors (Lipinski definition) is 5. The quantitative estimate of drug-likeness (QED) is 0.530. The third-order valence-electron chi connectivity index (χ3n) is 4.30. The van der Waals surface area contributed by atoms with Crippen molar-refractivity contribution >= 4 is 27.5 Å². The number of aromatic nitrogens is 1. The highest BCUT2D eigenvalue weighted by atomic mass is 35.5. The van der Waals surface area contributed by atoms with E-state index >= 15 is 0 Å². The topological polar surface area (TPSA) is 92.5 Å². The van der Waals surface area contributed by atoms with Crippen LogP contribution in [0.25, 0.3) is 0 Å². The van der Waals surface area contributed by atoms with Gasteiger partial charge in [-0.15, -0.1) is 0 Å². The van der Waals surface area contributed by atoms with Crippen LogP contribution in [0.1, 0.15) is 16.9 Å². The molecular formula is C20H19ClFN3O4S. The van der Waals surface area contributed by atoms with Gasteiger partial charge in [0.2, 0.25) is 15.9 Å². The molecule has 0 aliphatic carbocycles. The summed E-state index contributed by atoms with van der Waals surface area (Å²) in [6, 6.07) is 10.5. The smallest absolute Gasteiger partial charge is 0.245 e. The van der Waals surface area contributed by atoms with Gasteiger partial charge in [-0.3, -0.25) is 4.79 Å². The summed E-state index contributed by atoms with van der Waals surface area (Å²) in [4.78, 5) is 16.2. The summed E-state index contributed by atoms with van der Waals surface area (Å²) in [6.45, 7) is 1.10. The zero-order valence-electron chi connectivity index (χ0n) is 16.0. The van der Waals surface area contributed by atoms with Gasteiger partial charge in [0.15, 0.2) is 0 Å². The van der Waals surface area contributed by atoms with Crippen molar-refractivity contribution in [2.75, 3.05) is 6.54 Å². The van der Waals surface area contributed by atoms with Crippen LogP contribution in [0.5, 0.6) is 0 Å². The molecule has 0 atom stereocenters. The van der Waals surface area contributed by atoms with Gasteiger partial charge in [0.05, 0.1) is 19.4 Å². The first-order chi connectivity index (χ1) is 14.3. The van der Waals surface area contributed by atoms with Gasteiger partial charge in [-0.05, 0) is 48.4 Å². The van der Waals surface area contributed by atoms with E-state index in [1.807, 2.05) is 0 Å². The van der Waals surface area contributed by atoms with Crippen molar-refractivity contribution < 1.29 is 22.0 Å². The third-order valence-corrected chi connectivity index (χ3v) is 6.30. The van der Waals surface area contributed by atoms with Crippen molar-refractivity contribution in [2.45, 2.75) is 24.9 Å². The fraction of sp³-hybridized carbons (Fsp3) is 0.200. The molecule has 0 unspecified atom stereocenters. The maximum absolute atomic E-state index is 13.7. The van der Waals surface area contributed by atoms with Gasteiger partial charge in [-0.25, -0.2) is 17.8 Å². The van der Waals surface area contributed by atoms with Crippen molar-refractivity contribution in [2.24, 2.45) is 0 Å². The molecule has 0 fully saturated rings. The second-order valence-corrected chi connectivity index (χ2v) is 8.85. The van der Waals surface area contributed by atoms with Crippen LogP contribution in [0.3, 0.4) is 0 Å². The molecule has 1 amide bonds. The number of carbonyl (C=O) groups excluding carboxylic acids is 1. The number of pyridine rings is 1. The maximum Gasteiger partial charge on any atom is 0.245 e. The van der Waals surface area contributed by atoms with Crippen LogP contribution in [0, 0.1) is 12.7 Å². The van der Waals surface area contributed by atoms with E-state index in [0.717, 1.165) is 10.5 Å². The molecule has 0 radical (unpaired) electrons. The molecule has 1 N–H and O–H groups in total. The number of amides is 1. The minimum atomic E-state index is -4.05. The van der Waals surface area contributed by atoms with Gasteiger partial charge in [0, 0.05) is 12.7 Å². The first kappa shape index (κ1) is 21.9. The summed E-state index contributed by atoms with van der Waals surface area (Å²) in [5.41, 5.74) is 1.06. The zero-order chi connectivity index (χ0) is 21.7. The van der Waals surface area contributed by atoms with Crippen molar-refractivity contribution in [3.8, 4) is 0 Å². The highest BCUT2D eigenvalue weighted by Crippen LogP contribution is 2.19. The number of furan rings is 1. The number of aryl methyl sites for hydroxylation is 1. The van der Waals surface area contributed by atoms with E-state index in [-0.39, 0.29) is 29.0 Å². The van der Waals surface area contributed by atoms with Crippen molar-refractivity contribution in [1.29, 1.82) is 0 Å². The Morgan fingerprint density at radius 1 is 1.27 bits per heavy atom. The van der Waals surface area contributed by atoms with Gasteiger partial charge in [-0.2, -0.15) is 4.31 Å². The molecular weight excluding hydrogens is 433 g/mol. The lowest BCUT2D eigenvalue weighted by molar-refractivity contribution is -0.121. The molecule has 2 heterocycles. The number of nitrogens with zero attached hydrogens (tertiary/aromatic N) is 2. The number of carbonyl (C=O) groups is 1. The van der Waals surface area contributed by atoms with E-state index in [1.165, 1.54) is 24.5 Å². The zero-order valence-corrected chi connectivity index (χ0v) is 17.6. The minimum Gasteiger partial charge on any atom is -0.468 e. The summed E-state index contributed by atoms with van der Waals surface area (Å²) >= 11 is 5.74. The molecule has 158 valence electrons. The molecule has 30 heavy (non-hydrogen) atoms. The first-order valence-corrected chi connectivity index (χ1v) is 10.7. The van der Waals surface area contributed by atoms with Crippen molar-refractivity contribution in [1.82, 2.24) is 14.6 Å². The molecule has 0 saturated heterocycles. The van der Waals surface area contributed by atoms with Crippen LogP contribution >= 0.6 is 11.6 Å². The Morgan fingerprint density at radius 2 is 2.07 bits per heavy atom. The average molecular weight is 452 g/mol. The Kier molecular flexibility index (Phi) is 6.86. The van der Waals surface area contributed by atoms with E-state index < -0.39 is 22.5 Å². The minimum absolute atomic E-state index is 0.0627. The summed E-state index contributed by atoms with van der Waals surface area (Å²) in [7, 11) is -4.05. The molecule has 10 heteroatoms. The molecule has 0 spiro atoms. The fourth-order valence-electron chi connectivity index (χ4n) is 2.63. The summed E-state index contributed by atoms with van der Waals surface area (Å²) in [6.07, 6.45) is 2.54. The standard InChI is InChI=1S/C20H19ClFN3O4S/c1-14-4-5-15(9-18(14)22)10-24-20(26)13-25(12-16-3-2-8-29-16)30(27,28)17-6-7-19(21)23-11-17/h2-9,11H,10,12-13H2,1H3,(H,24,26). The van der Waals surface area contributed by atoms with Gasteiger partial charge < -0.3 is 9.73 Å². The monoisotopic (exact) mass is 451 g/mol. The summed E-state index contributed by atoms with van der Waals surface area (Å²) in [5, 5.41) is 2.76. The van der Waals surface area contributed by atoms with Crippen LogP contribution in [0.2, 0.25) is 5.15 Å². The number of benzene rings is 1. The van der Waals surface area contributed by atoms with Crippen molar-refractivity contribution in [3.63, 3.8) is 0 Å². The highest BCUT2D eigenvalue weighted by molar-refractivity contribution is 7.89. The molecule has 2 aromatic heterocycles. The lowest BCUT2D eigenvalue weighted by Crippen LogP contribution is -2.40. The fourth-order valence-corrected chi connectivity index (χ4v) is 4.05. The molecule has 3 rings (SSSR count). The lowest BCUT2D eigenvalue weighted by atomic mass is 10.1. The number of hydrogen-bond donors (Lipinski definition) is 1. The maximum atomic E-state index is 13.7. The number of nitrogens with one attached hydrogen (secondary N) is 1. The number of rotatable bonds is 8. The second-order valence-electron chi connectivity index (χ2n) is 6.53. The van der Waals surface area contributed by atoms with E-state index in [2.05, 4.69) is 10.3 Å². The van der Waals surface area contributed by atoms with Gasteiger partial charge >= 0.3 is 0 Å². The van der Waals surface area contributed by atoms with Gasteiger partial charge in [0.25, 0.3) is 0 Å². The van der Waals surface area contributed by atoms with Crippen LogP contribution in [-0.2, 0) is 27.9 Å².